The topological polar surface area (TPSA) is 54.7 Å². The third-order valence-electron chi connectivity index (χ3n) is 3.15. The predicted octanol–water partition coefficient (Wildman–Crippen LogP) is 3.46. The number of imidazole rings is 1. The third kappa shape index (κ3) is 2.48. The van der Waals surface area contributed by atoms with E-state index in [0.717, 1.165) is 22.4 Å². The Morgan fingerprint density at radius 3 is 2.63 bits per heavy atom. The first-order valence-electron chi connectivity index (χ1n) is 6.17. The minimum Gasteiger partial charge on any atom is -0.342 e. The van der Waals surface area contributed by atoms with Gasteiger partial charge in [-0.15, -0.1) is 0 Å². The summed E-state index contributed by atoms with van der Waals surface area (Å²) in [6.07, 6.45) is 0.662. The smallest absolute Gasteiger partial charge is 0.109 e. The number of aromatic amines is 1. The Hall–Kier alpha value is -1.84. The van der Waals surface area contributed by atoms with Crippen LogP contribution in [0.5, 0.6) is 0 Å². The lowest BCUT2D eigenvalue weighted by molar-refractivity contribution is 0.696. The van der Waals surface area contributed by atoms with Gasteiger partial charge < -0.3 is 10.7 Å². The molecule has 0 saturated heterocycles. The lowest BCUT2D eigenvalue weighted by Gasteiger charge is -2.09. The van der Waals surface area contributed by atoms with Gasteiger partial charge in [0.2, 0.25) is 0 Å². The average Bonchev–Trinajstić information content (AvgIpc) is 2.84. The summed E-state index contributed by atoms with van der Waals surface area (Å²) >= 11 is 6.11. The molecule has 0 spiro atoms. The number of hydrogen-bond donors (Lipinski definition) is 2. The molecule has 19 heavy (non-hydrogen) atoms. The molecule has 0 fully saturated rings. The summed E-state index contributed by atoms with van der Waals surface area (Å²) in [5, 5.41) is 0.660. The summed E-state index contributed by atoms with van der Waals surface area (Å²) < 4.78 is 0. The number of fused-ring (bicyclic) bond motifs is 1. The van der Waals surface area contributed by atoms with Gasteiger partial charge in [-0.05, 0) is 17.7 Å². The number of para-hydroxylation sites is 1. The Balaban J connectivity index is 1.88. The fourth-order valence-electron chi connectivity index (χ4n) is 2.17. The van der Waals surface area contributed by atoms with E-state index < -0.39 is 0 Å². The standard InChI is InChI=1S/C15H14ClN3/c16-11-7-4-8-13-15(11)19-14(18-13)9-12(17)10-5-2-1-3-6-10/h1-8,12H,9,17H2,(H,18,19). The summed E-state index contributed by atoms with van der Waals surface area (Å²) in [5.74, 6) is 0.861. The molecular weight excluding hydrogens is 258 g/mol. The predicted molar refractivity (Wildman–Crippen MR) is 78.2 cm³/mol. The van der Waals surface area contributed by atoms with Crippen molar-refractivity contribution in [3.05, 3.63) is 64.9 Å². The van der Waals surface area contributed by atoms with Gasteiger partial charge in [-0.3, -0.25) is 0 Å². The highest BCUT2D eigenvalue weighted by atomic mass is 35.5. The molecule has 0 radical (unpaired) electrons. The van der Waals surface area contributed by atoms with E-state index in [2.05, 4.69) is 9.97 Å². The van der Waals surface area contributed by atoms with Gasteiger partial charge in [0.05, 0.1) is 10.5 Å². The molecule has 0 aliphatic carbocycles. The van der Waals surface area contributed by atoms with Crippen molar-refractivity contribution in [2.75, 3.05) is 0 Å². The van der Waals surface area contributed by atoms with E-state index in [1.54, 1.807) is 0 Å². The van der Waals surface area contributed by atoms with Crippen LogP contribution in [0.3, 0.4) is 0 Å². The first-order chi connectivity index (χ1) is 9.24. The number of hydrogen-bond acceptors (Lipinski definition) is 2. The van der Waals surface area contributed by atoms with Crippen LogP contribution in [-0.4, -0.2) is 9.97 Å². The van der Waals surface area contributed by atoms with E-state index in [1.807, 2.05) is 48.5 Å². The van der Waals surface area contributed by atoms with Gasteiger partial charge in [-0.2, -0.15) is 0 Å². The van der Waals surface area contributed by atoms with Gasteiger partial charge in [0.25, 0.3) is 0 Å². The minimum atomic E-state index is -0.0689. The van der Waals surface area contributed by atoms with E-state index in [9.17, 15) is 0 Å². The molecule has 3 aromatic rings. The van der Waals surface area contributed by atoms with Gasteiger partial charge in [0, 0.05) is 12.5 Å². The number of rotatable bonds is 3. The summed E-state index contributed by atoms with van der Waals surface area (Å²) in [6, 6.07) is 15.7. The number of nitrogens with two attached hydrogens (primary N) is 1. The van der Waals surface area contributed by atoms with Crippen LogP contribution in [0.4, 0.5) is 0 Å². The van der Waals surface area contributed by atoms with Crippen molar-refractivity contribution in [2.45, 2.75) is 12.5 Å². The Kier molecular flexibility index (Phi) is 3.23. The average molecular weight is 272 g/mol. The number of H-pyrrole nitrogens is 1. The maximum atomic E-state index is 6.19. The second kappa shape index (κ2) is 5.03. The maximum Gasteiger partial charge on any atom is 0.109 e. The van der Waals surface area contributed by atoms with Crippen LogP contribution in [0.25, 0.3) is 11.0 Å². The fraction of sp³-hybridized carbons (Fsp3) is 0.133. The molecule has 0 bridgehead atoms. The first-order valence-corrected chi connectivity index (χ1v) is 6.55. The molecule has 1 atom stereocenters. The molecule has 1 unspecified atom stereocenters. The van der Waals surface area contributed by atoms with Crippen molar-refractivity contribution in [3.63, 3.8) is 0 Å². The van der Waals surface area contributed by atoms with Crippen molar-refractivity contribution in [3.8, 4) is 0 Å². The highest BCUT2D eigenvalue weighted by Crippen LogP contribution is 2.22. The summed E-state index contributed by atoms with van der Waals surface area (Å²) in [7, 11) is 0. The molecule has 96 valence electrons. The van der Waals surface area contributed by atoms with E-state index in [-0.39, 0.29) is 6.04 Å². The molecule has 3 rings (SSSR count). The van der Waals surface area contributed by atoms with Gasteiger partial charge in [0.1, 0.15) is 11.3 Å². The van der Waals surface area contributed by atoms with Crippen LogP contribution < -0.4 is 5.73 Å². The van der Waals surface area contributed by atoms with Crippen LogP contribution in [0.2, 0.25) is 5.02 Å². The van der Waals surface area contributed by atoms with Crippen LogP contribution in [0.1, 0.15) is 17.4 Å². The minimum absolute atomic E-state index is 0.0689. The maximum absolute atomic E-state index is 6.19. The zero-order valence-electron chi connectivity index (χ0n) is 10.3. The Labute approximate surface area is 116 Å². The van der Waals surface area contributed by atoms with Crippen LogP contribution >= 0.6 is 11.6 Å². The zero-order valence-corrected chi connectivity index (χ0v) is 11.1. The largest absolute Gasteiger partial charge is 0.342 e. The van der Waals surface area contributed by atoms with Gasteiger partial charge >= 0.3 is 0 Å². The van der Waals surface area contributed by atoms with E-state index >= 15 is 0 Å². The van der Waals surface area contributed by atoms with Crippen LogP contribution in [-0.2, 0) is 6.42 Å². The molecule has 3 N–H and O–H groups in total. The van der Waals surface area contributed by atoms with Gasteiger partial charge in [-0.1, -0.05) is 48.0 Å². The summed E-state index contributed by atoms with van der Waals surface area (Å²) in [6.45, 7) is 0. The highest BCUT2D eigenvalue weighted by Gasteiger charge is 2.11. The van der Waals surface area contributed by atoms with E-state index in [4.69, 9.17) is 17.3 Å². The van der Waals surface area contributed by atoms with Gasteiger partial charge in [0.15, 0.2) is 0 Å². The van der Waals surface area contributed by atoms with Crippen molar-refractivity contribution < 1.29 is 0 Å². The molecule has 1 aromatic heterocycles. The lowest BCUT2D eigenvalue weighted by atomic mass is 10.0. The first kappa shape index (κ1) is 12.2. The number of nitrogens with zero attached hydrogens (tertiary/aromatic N) is 1. The molecule has 2 aromatic carbocycles. The highest BCUT2D eigenvalue weighted by molar-refractivity contribution is 6.34. The third-order valence-corrected chi connectivity index (χ3v) is 3.46. The molecule has 0 aliphatic rings. The zero-order chi connectivity index (χ0) is 13.2. The second-order valence-corrected chi connectivity index (χ2v) is 4.95. The molecule has 4 heteroatoms. The van der Waals surface area contributed by atoms with E-state index in [1.165, 1.54) is 0 Å². The molecule has 3 nitrogen and oxygen atoms in total. The van der Waals surface area contributed by atoms with Crippen molar-refractivity contribution in [2.24, 2.45) is 5.73 Å². The number of aromatic nitrogens is 2. The van der Waals surface area contributed by atoms with Gasteiger partial charge in [-0.25, -0.2) is 4.98 Å². The Morgan fingerprint density at radius 2 is 1.89 bits per heavy atom. The van der Waals surface area contributed by atoms with E-state index in [0.29, 0.717) is 11.4 Å². The molecule has 0 saturated carbocycles. The van der Waals surface area contributed by atoms with Crippen LogP contribution in [0, 0.1) is 0 Å². The number of halogens is 1. The monoisotopic (exact) mass is 271 g/mol. The normalized spacial score (nSPS) is 12.7. The molecule has 0 amide bonds. The molecular formula is C15H14ClN3. The van der Waals surface area contributed by atoms with Crippen molar-refractivity contribution >= 4 is 22.6 Å². The van der Waals surface area contributed by atoms with Crippen molar-refractivity contribution in [1.29, 1.82) is 0 Å². The Bertz CT molecular complexity index is 691. The molecule has 0 aliphatic heterocycles. The lowest BCUT2D eigenvalue weighted by Crippen LogP contribution is -2.13. The quantitative estimate of drug-likeness (QED) is 0.766. The fourth-order valence-corrected chi connectivity index (χ4v) is 2.39. The summed E-state index contributed by atoms with van der Waals surface area (Å²) in [5.41, 5.74) is 9.05. The number of benzene rings is 2. The second-order valence-electron chi connectivity index (χ2n) is 4.54. The van der Waals surface area contributed by atoms with Crippen LogP contribution in [0.15, 0.2) is 48.5 Å². The number of nitrogens with one attached hydrogen (secondary N) is 1. The molecule has 1 heterocycles. The SMILES string of the molecule is NC(Cc1nc2c(Cl)cccc2[nH]1)c1ccccc1. The summed E-state index contributed by atoms with van der Waals surface area (Å²) in [4.78, 5) is 7.77. The van der Waals surface area contributed by atoms with Crippen molar-refractivity contribution in [1.82, 2.24) is 9.97 Å². The Morgan fingerprint density at radius 1 is 1.11 bits per heavy atom.